The van der Waals surface area contributed by atoms with Crippen LogP contribution in [0.5, 0.6) is 0 Å². The molecule has 4 nitrogen and oxygen atoms in total. The van der Waals surface area contributed by atoms with E-state index in [2.05, 4.69) is 24.2 Å². The molecule has 1 aliphatic rings. The van der Waals surface area contributed by atoms with Gasteiger partial charge >= 0.3 is 0 Å². The van der Waals surface area contributed by atoms with Gasteiger partial charge in [0.2, 0.25) is 0 Å². The molecule has 0 aliphatic carbocycles. The monoisotopic (exact) mass is 315 g/mol. The topological polar surface area (TPSA) is 58.4 Å². The number of nitrogen functional groups attached to an aromatic ring is 1. The van der Waals surface area contributed by atoms with Gasteiger partial charge in [-0.1, -0.05) is 23.2 Å². The number of likely N-dealkylation sites (tertiary alicyclic amines) is 1. The highest BCUT2D eigenvalue weighted by Gasteiger charge is 2.24. The smallest absolute Gasteiger partial charge is 0.251 e. The minimum absolute atomic E-state index is 0.157. The normalized spacial score (nSPS) is 23.6. The molecule has 1 fully saturated rings. The van der Waals surface area contributed by atoms with Gasteiger partial charge in [-0.2, -0.15) is 0 Å². The van der Waals surface area contributed by atoms with Gasteiger partial charge in [0.05, 0.1) is 15.7 Å². The van der Waals surface area contributed by atoms with Gasteiger partial charge in [-0.05, 0) is 38.9 Å². The van der Waals surface area contributed by atoms with Gasteiger partial charge in [0.15, 0.2) is 0 Å². The van der Waals surface area contributed by atoms with Crippen molar-refractivity contribution >= 4 is 34.8 Å². The van der Waals surface area contributed by atoms with Crippen LogP contribution >= 0.6 is 23.2 Å². The SMILES string of the molecule is CC1CC(NC(=O)c2cc(Cl)c(N)c(Cl)c2)CCN1C. The molecule has 0 bridgehead atoms. The van der Waals surface area contributed by atoms with E-state index in [1.54, 1.807) is 12.1 Å². The third-order valence-electron chi connectivity index (χ3n) is 3.88. The second kappa shape index (κ2) is 6.20. The largest absolute Gasteiger partial charge is 0.396 e. The summed E-state index contributed by atoms with van der Waals surface area (Å²) in [6.07, 6.45) is 1.89. The molecule has 2 unspecified atom stereocenters. The zero-order valence-electron chi connectivity index (χ0n) is 11.6. The van der Waals surface area contributed by atoms with Crippen molar-refractivity contribution in [2.45, 2.75) is 31.8 Å². The lowest BCUT2D eigenvalue weighted by Gasteiger charge is -2.35. The van der Waals surface area contributed by atoms with E-state index >= 15 is 0 Å². The molecule has 0 radical (unpaired) electrons. The fourth-order valence-electron chi connectivity index (χ4n) is 2.40. The van der Waals surface area contributed by atoms with E-state index in [1.165, 1.54) is 0 Å². The number of nitrogens with one attached hydrogen (secondary N) is 1. The second-order valence-electron chi connectivity index (χ2n) is 5.38. The second-order valence-corrected chi connectivity index (χ2v) is 6.19. The highest BCUT2D eigenvalue weighted by atomic mass is 35.5. The fourth-order valence-corrected chi connectivity index (χ4v) is 2.89. The summed E-state index contributed by atoms with van der Waals surface area (Å²) in [5.41, 5.74) is 6.42. The highest BCUT2D eigenvalue weighted by Crippen LogP contribution is 2.29. The van der Waals surface area contributed by atoms with E-state index in [0.717, 1.165) is 19.4 Å². The Labute approximate surface area is 129 Å². The van der Waals surface area contributed by atoms with Crippen molar-refractivity contribution in [1.29, 1.82) is 0 Å². The molecular formula is C14H19Cl2N3O. The Kier molecular flexibility index (Phi) is 4.78. The van der Waals surface area contributed by atoms with Crippen molar-refractivity contribution in [3.05, 3.63) is 27.7 Å². The van der Waals surface area contributed by atoms with Crippen molar-refractivity contribution < 1.29 is 4.79 Å². The van der Waals surface area contributed by atoms with Gasteiger partial charge in [-0.25, -0.2) is 0 Å². The molecule has 0 saturated carbocycles. The molecule has 2 rings (SSSR count). The Balaban J connectivity index is 2.05. The molecule has 1 aromatic carbocycles. The maximum Gasteiger partial charge on any atom is 0.251 e. The van der Waals surface area contributed by atoms with E-state index in [1.807, 2.05) is 0 Å². The number of amides is 1. The minimum atomic E-state index is -0.157. The van der Waals surface area contributed by atoms with Crippen LogP contribution in [0.2, 0.25) is 10.0 Å². The standard InChI is InChI=1S/C14H19Cl2N3O/c1-8-5-10(3-4-19(8)2)18-14(20)9-6-11(15)13(17)12(16)7-9/h6-8,10H,3-5,17H2,1-2H3,(H,18,20). The lowest BCUT2D eigenvalue weighted by atomic mass is 9.98. The molecule has 0 aromatic heterocycles. The third-order valence-corrected chi connectivity index (χ3v) is 4.51. The van der Waals surface area contributed by atoms with Gasteiger partial charge in [0.1, 0.15) is 0 Å². The van der Waals surface area contributed by atoms with Crippen LogP contribution in [-0.4, -0.2) is 36.5 Å². The van der Waals surface area contributed by atoms with Crippen LogP contribution in [0.3, 0.4) is 0 Å². The number of halogens is 2. The van der Waals surface area contributed by atoms with Crippen LogP contribution in [0.4, 0.5) is 5.69 Å². The number of carbonyl (C=O) groups excluding carboxylic acids is 1. The molecule has 1 heterocycles. The Morgan fingerprint density at radius 3 is 2.55 bits per heavy atom. The number of nitrogens with two attached hydrogens (primary N) is 1. The lowest BCUT2D eigenvalue weighted by molar-refractivity contribution is 0.0896. The fraction of sp³-hybridized carbons (Fsp3) is 0.500. The molecule has 0 spiro atoms. The van der Waals surface area contributed by atoms with Crippen molar-refractivity contribution in [2.24, 2.45) is 0 Å². The number of hydrogen-bond acceptors (Lipinski definition) is 3. The molecular weight excluding hydrogens is 297 g/mol. The predicted molar refractivity (Wildman–Crippen MR) is 83.5 cm³/mol. The summed E-state index contributed by atoms with van der Waals surface area (Å²) in [6.45, 7) is 3.14. The van der Waals surface area contributed by atoms with Gasteiger partial charge in [0, 0.05) is 24.2 Å². The van der Waals surface area contributed by atoms with Crippen molar-refractivity contribution in [1.82, 2.24) is 10.2 Å². The maximum atomic E-state index is 12.2. The number of nitrogens with zero attached hydrogens (tertiary/aromatic N) is 1. The first-order chi connectivity index (χ1) is 9.38. The van der Waals surface area contributed by atoms with Crippen LogP contribution in [0.25, 0.3) is 0 Å². The summed E-state index contributed by atoms with van der Waals surface area (Å²) in [5, 5.41) is 3.65. The van der Waals surface area contributed by atoms with Crippen LogP contribution in [0.15, 0.2) is 12.1 Å². The van der Waals surface area contributed by atoms with E-state index in [0.29, 0.717) is 27.3 Å². The molecule has 1 aromatic rings. The molecule has 3 N–H and O–H groups in total. The number of carbonyl (C=O) groups is 1. The first-order valence-electron chi connectivity index (χ1n) is 6.64. The summed E-state index contributed by atoms with van der Waals surface area (Å²) >= 11 is 11.9. The zero-order valence-corrected chi connectivity index (χ0v) is 13.1. The summed E-state index contributed by atoms with van der Waals surface area (Å²) < 4.78 is 0. The zero-order chi connectivity index (χ0) is 14.9. The Hall–Kier alpha value is -0.970. The van der Waals surface area contributed by atoms with Gasteiger partial charge < -0.3 is 16.0 Å². The first-order valence-corrected chi connectivity index (χ1v) is 7.39. The van der Waals surface area contributed by atoms with Crippen LogP contribution in [0, 0.1) is 0 Å². The minimum Gasteiger partial charge on any atom is -0.396 e. The van der Waals surface area contributed by atoms with Crippen LogP contribution in [0.1, 0.15) is 30.1 Å². The molecule has 6 heteroatoms. The Bertz CT molecular complexity index is 498. The van der Waals surface area contributed by atoms with E-state index in [9.17, 15) is 4.79 Å². The molecule has 1 saturated heterocycles. The van der Waals surface area contributed by atoms with Gasteiger partial charge in [-0.15, -0.1) is 0 Å². The van der Waals surface area contributed by atoms with E-state index in [4.69, 9.17) is 28.9 Å². The molecule has 110 valence electrons. The summed E-state index contributed by atoms with van der Waals surface area (Å²) in [6, 6.07) is 3.75. The quantitative estimate of drug-likeness (QED) is 0.825. The number of rotatable bonds is 2. The average Bonchev–Trinajstić information content (AvgIpc) is 2.39. The molecule has 1 aliphatic heterocycles. The Morgan fingerprint density at radius 2 is 2.00 bits per heavy atom. The van der Waals surface area contributed by atoms with Crippen molar-refractivity contribution in [2.75, 3.05) is 19.3 Å². The van der Waals surface area contributed by atoms with Crippen molar-refractivity contribution in [3.8, 4) is 0 Å². The number of benzene rings is 1. The average molecular weight is 316 g/mol. The summed E-state index contributed by atoms with van der Waals surface area (Å²) in [7, 11) is 2.10. The molecule has 1 amide bonds. The van der Waals surface area contributed by atoms with Crippen LogP contribution in [-0.2, 0) is 0 Å². The van der Waals surface area contributed by atoms with Gasteiger partial charge in [-0.3, -0.25) is 4.79 Å². The third kappa shape index (κ3) is 3.37. The number of anilines is 1. The van der Waals surface area contributed by atoms with Crippen molar-refractivity contribution in [3.63, 3.8) is 0 Å². The first kappa shape index (κ1) is 15.4. The van der Waals surface area contributed by atoms with Gasteiger partial charge in [0.25, 0.3) is 5.91 Å². The highest BCUT2D eigenvalue weighted by molar-refractivity contribution is 6.39. The maximum absolute atomic E-state index is 12.2. The number of piperidine rings is 1. The summed E-state index contributed by atoms with van der Waals surface area (Å²) in [5.74, 6) is -0.157. The van der Waals surface area contributed by atoms with E-state index in [-0.39, 0.29) is 11.9 Å². The molecule has 2 atom stereocenters. The van der Waals surface area contributed by atoms with E-state index < -0.39 is 0 Å². The lowest BCUT2D eigenvalue weighted by Crippen LogP contribution is -2.47. The predicted octanol–water partition coefficient (Wildman–Crippen LogP) is 2.79. The number of hydrogen-bond donors (Lipinski definition) is 2. The Morgan fingerprint density at radius 1 is 1.40 bits per heavy atom. The van der Waals surface area contributed by atoms with Crippen LogP contribution < -0.4 is 11.1 Å². The molecule has 20 heavy (non-hydrogen) atoms. The summed E-state index contributed by atoms with van der Waals surface area (Å²) in [4.78, 5) is 14.5.